The molecule has 0 bridgehead atoms. The van der Waals surface area contributed by atoms with E-state index in [1.165, 1.54) is 37.7 Å². The molecule has 7 atom stereocenters. The van der Waals surface area contributed by atoms with Crippen LogP contribution in [-0.4, -0.2) is 11.2 Å². The maximum atomic E-state index is 11.5. The number of hydrogen-bond acceptors (Lipinski definition) is 2. The summed E-state index contributed by atoms with van der Waals surface area (Å²) < 4.78 is 5.57. The first kappa shape index (κ1) is 18.0. The molecule has 0 aromatic carbocycles. The lowest BCUT2D eigenvalue weighted by Crippen LogP contribution is -2.65. The second-order valence-electron chi connectivity index (χ2n) is 11.6. The van der Waals surface area contributed by atoms with Gasteiger partial charge in [-0.2, -0.15) is 0 Å². The predicted octanol–water partition coefficient (Wildman–Crippen LogP) is 6.19. The molecule has 3 fully saturated rings. The molecule has 3 saturated carbocycles. The van der Waals surface area contributed by atoms with Crippen LogP contribution in [-0.2, 0) is 5.41 Å². The Morgan fingerprint density at radius 2 is 1.74 bits per heavy atom. The third kappa shape index (κ3) is 2.06. The van der Waals surface area contributed by atoms with E-state index >= 15 is 0 Å². The molecule has 0 unspecified atom stereocenters. The van der Waals surface area contributed by atoms with Gasteiger partial charge in [0.05, 0.1) is 18.6 Å². The van der Waals surface area contributed by atoms with Gasteiger partial charge in [-0.25, -0.2) is 0 Å². The van der Waals surface area contributed by atoms with Crippen molar-refractivity contribution in [3.8, 4) is 0 Å². The van der Waals surface area contributed by atoms with Crippen LogP contribution in [0.5, 0.6) is 0 Å². The summed E-state index contributed by atoms with van der Waals surface area (Å²) >= 11 is 0. The summed E-state index contributed by atoms with van der Waals surface area (Å²) in [7, 11) is 0. The summed E-state index contributed by atoms with van der Waals surface area (Å²) in [6.45, 7) is 12.4. The molecule has 0 amide bonds. The van der Waals surface area contributed by atoms with Crippen LogP contribution in [0.1, 0.15) is 84.3 Å². The molecule has 5 rings (SSSR count). The van der Waals surface area contributed by atoms with Gasteiger partial charge in [-0.1, -0.05) is 53.2 Å². The summed E-state index contributed by atoms with van der Waals surface area (Å²) in [6, 6.07) is 0. The summed E-state index contributed by atoms with van der Waals surface area (Å²) in [5, 5.41) is 11.5. The Bertz CT molecular complexity index is 788. The van der Waals surface area contributed by atoms with E-state index in [2.05, 4.69) is 46.8 Å². The Morgan fingerprint density at radius 1 is 0.963 bits per heavy atom. The van der Waals surface area contributed by atoms with Crippen LogP contribution in [0.15, 0.2) is 23.0 Å². The molecule has 1 aromatic rings. The van der Waals surface area contributed by atoms with Crippen molar-refractivity contribution in [2.45, 2.75) is 84.7 Å². The van der Waals surface area contributed by atoms with E-state index in [-0.39, 0.29) is 16.9 Å². The van der Waals surface area contributed by atoms with Crippen molar-refractivity contribution in [1.82, 2.24) is 0 Å². The van der Waals surface area contributed by atoms with Gasteiger partial charge in [-0.15, -0.1) is 0 Å². The van der Waals surface area contributed by atoms with E-state index < -0.39 is 0 Å². The molecule has 2 heteroatoms. The molecular formula is C25H36O2. The Morgan fingerprint density at radius 3 is 2.52 bits per heavy atom. The Kier molecular flexibility index (Phi) is 3.55. The number of furan rings is 1. The number of fused-ring (bicyclic) bond motifs is 7. The zero-order chi connectivity index (χ0) is 19.2. The molecule has 148 valence electrons. The second-order valence-corrected chi connectivity index (χ2v) is 11.6. The monoisotopic (exact) mass is 368 g/mol. The fraction of sp³-hybridized carbons (Fsp3) is 0.760. The van der Waals surface area contributed by atoms with E-state index in [9.17, 15) is 5.11 Å². The van der Waals surface area contributed by atoms with Crippen molar-refractivity contribution in [2.24, 2.45) is 34.0 Å². The minimum absolute atomic E-state index is 0.226. The van der Waals surface area contributed by atoms with Crippen molar-refractivity contribution in [1.29, 1.82) is 0 Å². The fourth-order valence-electron chi connectivity index (χ4n) is 8.80. The minimum atomic E-state index is -0.303. The summed E-state index contributed by atoms with van der Waals surface area (Å²) in [4.78, 5) is 0. The normalized spacial score (nSPS) is 50.3. The van der Waals surface area contributed by atoms with E-state index in [4.69, 9.17) is 4.42 Å². The van der Waals surface area contributed by atoms with Crippen molar-refractivity contribution in [2.75, 3.05) is 0 Å². The zero-order valence-electron chi connectivity index (χ0n) is 17.7. The number of allylic oxidation sites excluding steroid dienone is 1. The standard InChI is InChI=1S/C25H36O2/c1-22(2)10-6-11-23(3)18(22)9-12-24(4)19-8-7-16-14-27-15-17(16)25(19,5)21(26)13-20(23)24/h7-8,14-15,18-21,26H,6,9-13H2,1-5H3/t18-,19-,20+,21+,23-,24-,25+/m0/s1. The van der Waals surface area contributed by atoms with Gasteiger partial charge in [0, 0.05) is 16.5 Å². The minimum Gasteiger partial charge on any atom is -0.472 e. The highest BCUT2D eigenvalue weighted by Crippen LogP contribution is 2.71. The largest absolute Gasteiger partial charge is 0.472 e. The Hall–Kier alpha value is -1.02. The Labute approximate surface area is 164 Å². The van der Waals surface area contributed by atoms with Gasteiger partial charge < -0.3 is 9.52 Å². The molecule has 2 nitrogen and oxygen atoms in total. The molecule has 0 spiro atoms. The molecule has 27 heavy (non-hydrogen) atoms. The van der Waals surface area contributed by atoms with Crippen molar-refractivity contribution < 1.29 is 9.52 Å². The van der Waals surface area contributed by atoms with Crippen LogP contribution in [0, 0.1) is 34.0 Å². The summed E-state index contributed by atoms with van der Waals surface area (Å²) in [6.07, 6.45) is 15.7. The van der Waals surface area contributed by atoms with Crippen molar-refractivity contribution in [3.63, 3.8) is 0 Å². The quantitative estimate of drug-likeness (QED) is 0.592. The van der Waals surface area contributed by atoms with Crippen LogP contribution in [0.4, 0.5) is 0 Å². The lowest BCUT2D eigenvalue weighted by molar-refractivity contribution is -0.194. The lowest BCUT2D eigenvalue weighted by atomic mass is 9.36. The number of aliphatic hydroxyl groups excluding tert-OH is 1. The number of hydrogen-bond donors (Lipinski definition) is 1. The predicted molar refractivity (Wildman–Crippen MR) is 109 cm³/mol. The van der Waals surface area contributed by atoms with Gasteiger partial charge in [-0.3, -0.25) is 0 Å². The first-order valence-corrected chi connectivity index (χ1v) is 11.1. The smallest absolute Gasteiger partial charge is 0.0977 e. The molecule has 4 aliphatic rings. The zero-order valence-corrected chi connectivity index (χ0v) is 17.7. The number of rotatable bonds is 0. The highest BCUT2D eigenvalue weighted by Gasteiger charge is 2.66. The van der Waals surface area contributed by atoms with Crippen molar-refractivity contribution in [3.05, 3.63) is 29.7 Å². The van der Waals surface area contributed by atoms with Crippen LogP contribution in [0.3, 0.4) is 0 Å². The van der Waals surface area contributed by atoms with Gasteiger partial charge in [0.25, 0.3) is 0 Å². The fourth-order valence-corrected chi connectivity index (χ4v) is 8.80. The molecular weight excluding hydrogens is 332 g/mol. The molecule has 0 saturated heterocycles. The molecule has 0 aliphatic heterocycles. The summed E-state index contributed by atoms with van der Waals surface area (Å²) in [5.74, 6) is 1.76. The molecule has 4 aliphatic carbocycles. The lowest BCUT2D eigenvalue weighted by Gasteiger charge is -2.69. The molecule has 0 radical (unpaired) electrons. The molecule has 1 heterocycles. The topological polar surface area (TPSA) is 33.4 Å². The third-order valence-corrected chi connectivity index (χ3v) is 10.1. The van der Waals surface area contributed by atoms with Crippen LogP contribution in [0.25, 0.3) is 6.08 Å². The highest BCUT2D eigenvalue weighted by molar-refractivity contribution is 5.60. The Balaban J connectivity index is 1.63. The van der Waals surface area contributed by atoms with Crippen LogP contribution in [0.2, 0.25) is 0 Å². The average molecular weight is 369 g/mol. The van der Waals surface area contributed by atoms with E-state index in [1.54, 1.807) is 0 Å². The first-order valence-electron chi connectivity index (χ1n) is 11.1. The van der Waals surface area contributed by atoms with Crippen LogP contribution >= 0.6 is 0 Å². The average Bonchev–Trinajstić information content (AvgIpc) is 3.06. The molecule has 1 aromatic heterocycles. The van der Waals surface area contributed by atoms with Gasteiger partial charge in [-0.05, 0) is 66.1 Å². The van der Waals surface area contributed by atoms with Gasteiger partial charge in [0.1, 0.15) is 0 Å². The number of aliphatic hydroxyl groups is 1. The highest BCUT2D eigenvalue weighted by atomic mass is 16.3. The van der Waals surface area contributed by atoms with Gasteiger partial charge in [0.15, 0.2) is 0 Å². The summed E-state index contributed by atoms with van der Waals surface area (Å²) in [5.41, 5.74) is 3.18. The maximum Gasteiger partial charge on any atom is 0.0977 e. The SMILES string of the molecule is CC1(C)CCC[C@]2(C)[C@H]3C[C@@H](O)[C@]4(C)c5cocc5C=C[C@H]4[C@]3(C)CC[C@@H]12. The van der Waals surface area contributed by atoms with E-state index in [0.29, 0.717) is 22.7 Å². The van der Waals surface area contributed by atoms with Gasteiger partial charge >= 0.3 is 0 Å². The van der Waals surface area contributed by atoms with Crippen LogP contribution < -0.4 is 0 Å². The maximum absolute atomic E-state index is 11.5. The second kappa shape index (κ2) is 5.32. The van der Waals surface area contributed by atoms with E-state index in [0.717, 1.165) is 17.9 Å². The third-order valence-electron chi connectivity index (χ3n) is 10.1. The van der Waals surface area contributed by atoms with Gasteiger partial charge in [0.2, 0.25) is 0 Å². The van der Waals surface area contributed by atoms with Crippen molar-refractivity contribution >= 4 is 6.08 Å². The first-order chi connectivity index (χ1) is 12.6. The molecule has 1 N–H and O–H groups in total. The van der Waals surface area contributed by atoms with E-state index in [1.807, 2.05) is 12.5 Å².